The molecule has 18 heavy (non-hydrogen) atoms. The SMILES string of the molecule is NNc1cccc(Oc2ccc(C(N)=O)cc2)n1. The average molecular weight is 244 g/mol. The van der Waals surface area contributed by atoms with Gasteiger partial charge in [0.15, 0.2) is 0 Å². The standard InChI is InChI=1S/C12H12N4O2/c13-12(17)8-4-6-9(7-5-8)18-11-3-1-2-10(15-11)16-14/h1-7H,14H2,(H2,13,17)(H,15,16). The summed E-state index contributed by atoms with van der Waals surface area (Å²) in [5.41, 5.74) is 7.99. The largest absolute Gasteiger partial charge is 0.439 e. The number of nitrogens with one attached hydrogen (secondary N) is 1. The summed E-state index contributed by atoms with van der Waals surface area (Å²) >= 11 is 0. The van der Waals surface area contributed by atoms with E-state index in [1.165, 1.54) is 0 Å². The Balaban J connectivity index is 2.15. The zero-order valence-corrected chi connectivity index (χ0v) is 9.46. The lowest BCUT2D eigenvalue weighted by Gasteiger charge is -2.06. The van der Waals surface area contributed by atoms with Gasteiger partial charge in [-0.05, 0) is 30.3 Å². The Labute approximate surface area is 104 Å². The van der Waals surface area contributed by atoms with E-state index in [1.54, 1.807) is 42.5 Å². The van der Waals surface area contributed by atoms with Crippen LogP contribution in [0.2, 0.25) is 0 Å². The maximum Gasteiger partial charge on any atom is 0.248 e. The van der Waals surface area contributed by atoms with Gasteiger partial charge >= 0.3 is 0 Å². The van der Waals surface area contributed by atoms with Gasteiger partial charge < -0.3 is 15.9 Å². The molecule has 0 aliphatic carbocycles. The van der Waals surface area contributed by atoms with E-state index in [-0.39, 0.29) is 0 Å². The molecule has 0 atom stereocenters. The lowest BCUT2D eigenvalue weighted by Crippen LogP contribution is -2.10. The summed E-state index contributed by atoms with van der Waals surface area (Å²) in [6.07, 6.45) is 0. The van der Waals surface area contributed by atoms with Crippen molar-refractivity contribution in [1.29, 1.82) is 0 Å². The molecule has 2 rings (SSSR count). The number of hydrogen-bond donors (Lipinski definition) is 3. The van der Waals surface area contributed by atoms with Gasteiger partial charge in [0, 0.05) is 11.6 Å². The molecule has 1 aromatic heterocycles. The molecule has 5 N–H and O–H groups in total. The summed E-state index contributed by atoms with van der Waals surface area (Å²) in [7, 11) is 0. The minimum atomic E-state index is -0.478. The fraction of sp³-hybridized carbons (Fsp3) is 0. The zero-order chi connectivity index (χ0) is 13.0. The first-order chi connectivity index (χ1) is 8.69. The zero-order valence-electron chi connectivity index (χ0n) is 9.46. The van der Waals surface area contributed by atoms with Crippen LogP contribution in [-0.2, 0) is 0 Å². The summed E-state index contributed by atoms with van der Waals surface area (Å²) < 4.78 is 5.50. The summed E-state index contributed by atoms with van der Waals surface area (Å²) in [5, 5.41) is 0. The number of nitrogens with zero attached hydrogens (tertiary/aromatic N) is 1. The van der Waals surface area contributed by atoms with Crippen LogP contribution in [0.4, 0.5) is 5.82 Å². The van der Waals surface area contributed by atoms with Crippen molar-refractivity contribution in [3.8, 4) is 11.6 Å². The second-order valence-electron chi connectivity index (χ2n) is 3.50. The number of aromatic nitrogens is 1. The summed E-state index contributed by atoms with van der Waals surface area (Å²) in [4.78, 5) is 15.0. The molecule has 0 unspecified atom stereocenters. The van der Waals surface area contributed by atoms with E-state index in [1.807, 2.05) is 0 Å². The van der Waals surface area contributed by atoms with Crippen LogP contribution < -0.4 is 21.7 Å². The van der Waals surface area contributed by atoms with Crippen molar-refractivity contribution in [3.63, 3.8) is 0 Å². The highest BCUT2D eigenvalue weighted by Crippen LogP contribution is 2.20. The normalized spacial score (nSPS) is 9.83. The van der Waals surface area contributed by atoms with Crippen molar-refractivity contribution in [1.82, 2.24) is 4.98 Å². The second-order valence-corrected chi connectivity index (χ2v) is 3.50. The quantitative estimate of drug-likeness (QED) is 0.555. The van der Waals surface area contributed by atoms with E-state index in [0.717, 1.165) is 0 Å². The number of primary amides is 1. The first-order valence-electron chi connectivity index (χ1n) is 5.20. The van der Waals surface area contributed by atoms with Gasteiger partial charge in [-0.1, -0.05) is 6.07 Å². The minimum absolute atomic E-state index is 0.400. The number of hydrogen-bond acceptors (Lipinski definition) is 5. The number of benzene rings is 1. The van der Waals surface area contributed by atoms with Crippen LogP contribution in [0, 0.1) is 0 Å². The summed E-state index contributed by atoms with van der Waals surface area (Å²) in [6.45, 7) is 0. The maximum atomic E-state index is 10.9. The summed E-state index contributed by atoms with van der Waals surface area (Å²) in [5.74, 6) is 6.23. The average Bonchev–Trinajstić information content (AvgIpc) is 2.39. The highest BCUT2D eigenvalue weighted by molar-refractivity contribution is 5.92. The molecule has 6 nitrogen and oxygen atoms in total. The van der Waals surface area contributed by atoms with Crippen molar-refractivity contribution in [2.24, 2.45) is 11.6 Å². The molecular formula is C12H12N4O2. The van der Waals surface area contributed by atoms with Gasteiger partial charge in [0.1, 0.15) is 11.6 Å². The smallest absolute Gasteiger partial charge is 0.248 e. The van der Waals surface area contributed by atoms with Crippen LogP contribution >= 0.6 is 0 Å². The number of hydrazine groups is 1. The Kier molecular flexibility index (Phi) is 3.40. The molecule has 0 saturated carbocycles. The molecule has 2 aromatic rings. The minimum Gasteiger partial charge on any atom is -0.439 e. The van der Waals surface area contributed by atoms with E-state index in [9.17, 15) is 4.79 Å². The highest BCUT2D eigenvalue weighted by atomic mass is 16.5. The van der Waals surface area contributed by atoms with Crippen molar-refractivity contribution in [2.45, 2.75) is 0 Å². The van der Waals surface area contributed by atoms with Crippen LogP contribution in [0.15, 0.2) is 42.5 Å². The van der Waals surface area contributed by atoms with E-state index >= 15 is 0 Å². The number of pyridine rings is 1. The van der Waals surface area contributed by atoms with Gasteiger partial charge in [-0.15, -0.1) is 0 Å². The Morgan fingerprint density at radius 2 is 1.89 bits per heavy atom. The molecule has 0 aliphatic heterocycles. The number of amides is 1. The summed E-state index contributed by atoms with van der Waals surface area (Å²) in [6, 6.07) is 11.6. The molecule has 0 spiro atoms. The molecule has 1 amide bonds. The topological polar surface area (TPSA) is 103 Å². The fourth-order valence-electron chi connectivity index (χ4n) is 1.36. The van der Waals surface area contributed by atoms with E-state index in [0.29, 0.717) is 23.0 Å². The number of nitrogen functional groups attached to an aromatic ring is 1. The van der Waals surface area contributed by atoms with Crippen molar-refractivity contribution in [3.05, 3.63) is 48.0 Å². The fourth-order valence-corrected chi connectivity index (χ4v) is 1.36. The maximum absolute atomic E-state index is 10.9. The van der Waals surface area contributed by atoms with Gasteiger partial charge in [0.05, 0.1) is 0 Å². The number of anilines is 1. The third-order valence-corrected chi connectivity index (χ3v) is 2.23. The van der Waals surface area contributed by atoms with Crippen LogP contribution in [0.5, 0.6) is 11.6 Å². The number of ether oxygens (including phenoxy) is 1. The monoisotopic (exact) mass is 244 g/mol. The van der Waals surface area contributed by atoms with E-state index in [4.69, 9.17) is 16.3 Å². The predicted octanol–water partition coefficient (Wildman–Crippen LogP) is 1.26. The lowest BCUT2D eigenvalue weighted by molar-refractivity contribution is 0.100. The van der Waals surface area contributed by atoms with E-state index < -0.39 is 5.91 Å². The number of nitrogens with two attached hydrogens (primary N) is 2. The Morgan fingerprint density at radius 3 is 2.50 bits per heavy atom. The number of carbonyl (C=O) groups excluding carboxylic acids is 1. The predicted molar refractivity (Wildman–Crippen MR) is 67.1 cm³/mol. The first-order valence-corrected chi connectivity index (χ1v) is 5.20. The molecule has 0 radical (unpaired) electrons. The molecular weight excluding hydrogens is 232 g/mol. The van der Waals surface area contributed by atoms with Gasteiger partial charge in [-0.25, -0.2) is 5.84 Å². The molecule has 6 heteroatoms. The molecule has 0 bridgehead atoms. The van der Waals surface area contributed by atoms with Crippen LogP contribution in [0.1, 0.15) is 10.4 Å². The molecule has 1 heterocycles. The molecule has 1 aromatic carbocycles. The Morgan fingerprint density at radius 1 is 1.17 bits per heavy atom. The van der Waals surface area contributed by atoms with Crippen molar-refractivity contribution >= 4 is 11.7 Å². The second kappa shape index (κ2) is 5.15. The van der Waals surface area contributed by atoms with Crippen LogP contribution in [0.3, 0.4) is 0 Å². The third-order valence-electron chi connectivity index (χ3n) is 2.23. The number of rotatable bonds is 4. The molecule has 92 valence electrons. The number of carbonyl (C=O) groups is 1. The third kappa shape index (κ3) is 2.74. The highest BCUT2D eigenvalue weighted by Gasteiger charge is 2.02. The van der Waals surface area contributed by atoms with Crippen molar-refractivity contribution < 1.29 is 9.53 Å². The van der Waals surface area contributed by atoms with Gasteiger partial charge in [-0.2, -0.15) is 4.98 Å². The lowest BCUT2D eigenvalue weighted by atomic mass is 10.2. The van der Waals surface area contributed by atoms with Crippen molar-refractivity contribution in [2.75, 3.05) is 5.43 Å². The molecule has 0 aliphatic rings. The van der Waals surface area contributed by atoms with Gasteiger partial charge in [0.2, 0.25) is 11.8 Å². The van der Waals surface area contributed by atoms with Crippen LogP contribution in [-0.4, -0.2) is 10.9 Å². The Hall–Kier alpha value is -2.60. The van der Waals surface area contributed by atoms with E-state index in [2.05, 4.69) is 10.4 Å². The first kappa shape index (κ1) is 11.9. The Bertz CT molecular complexity index is 554. The van der Waals surface area contributed by atoms with Crippen LogP contribution in [0.25, 0.3) is 0 Å². The molecule has 0 saturated heterocycles. The van der Waals surface area contributed by atoms with Gasteiger partial charge in [-0.3, -0.25) is 4.79 Å². The van der Waals surface area contributed by atoms with Gasteiger partial charge in [0.25, 0.3) is 0 Å². The molecule has 0 fully saturated rings.